The maximum atomic E-state index is 5.63. The molecule has 3 nitrogen and oxygen atoms in total. The molecule has 1 fully saturated rings. The van der Waals surface area contributed by atoms with E-state index >= 15 is 0 Å². The van der Waals surface area contributed by atoms with E-state index in [-0.39, 0.29) is 0 Å². The Morgan fingerprint density at radius 2 is 2.10 bits per heavy atom. The molecule has 3 heteroatoms. The predicted octanol–water partition coefficient (Wildman–Crippen LogP) is 3.69. The average molecular weight is 288 g/mol. The molecule has 0 saturated heterocycles. The van der Waals surface area contributed by atoms with Gasteiger partial charge in [0.05, 0.1) is 5.69 Å². The van der Waals surface area contributed by atoms with Gasteiger partial charge in [-0.3, -0.25) is 0 Å². The van der Waals surface area contributed by atoms with Gasteiger partial charge < -0.3 is 15.0 Å². The van der Waals surface area contributed by atoms with Gasteiger partial charge in [0.2, 0.25) is 0 Å². The van der Waals surface area contributed by atoms with Crippen LogP contribution in [0.25, 0.3) is 0 Å². The zero-order chi connectivity index (χ0) is 14.5. The lowest BCUT2D eigenvalue weighted by atomic mass is 9.94. The lowest BCUT2D eigenvalue weighted by Gasteiger charge is -2.31. The van der Waals surface area contributed by atoms with Crippen LogP contribution in [0.3, 0.4) is 0 Å². The molecule has 116 valence electrons. The maximum Gasteiger partial charge on any atom is 0.142 e. The van der Waals surface area contributed by atoms with Crippen LogP contribution in [0.4, 0.5) is 5.69 Å². The van der Waals surface area contributed by atoms with Crippen LogP contribution in [-0.2, 0) is 6.42 Å². The first-order valence-electron chi connectivity index (χ1n) is 8.53. The molecule has 0 bridgehead atoms. The Kier molecular flexibility index (Phi) is 5.02. The van der Waals surface area contributed by atoms with Gasteiger partial charge in [-0.05, 0) is 57.0 Å². The first kappa shape index (κ1) is 14.7. The predicted molar refractivity (Wildman–Crippen MR) is 88.3 cm³/mol. The number of rotatable bonds is 5. The zero-order valence-corrected chi connectivity index (χ0v) is 13.2. The fourth-order valence-electron chi connectivity index (χ4n) is 3.58. The molecule has 1 aromatic rings. The minimum Gasteiger partial charge on any atom is -0.490 e. The third-order valence-electron chi connectivity index (χ3n) is 4.89. The largest absolute Gasteiger partial charge is 0.490 e. The van der Waals surface area contributed by atoms with Crippen LogP contribution in [0.15, 0.2) is 18.2 Å². The second-order valence-corrected chi connectivity index (χ2v) is 6.48. The number of anilines is 1. The van der Waals surface area contributed by atoms with E-state index in [0.29, 0.717) is 0 Å². The quantitative estimate of drug-likeness (QED) is 0.894. The van der Waals surface area contributed by atoms with Crippen molar-refractivity contribution in [2.24, 2.45) is 0 Å². The van der Waals surface area contributed by atoms with Crippen molar-refractivity contribution >= 4 is 5.69 Å². The van der Waals surface area contributed by atoms with E-state index in [0.717, 1.165) is 31.4 Å². The fraction of sp³-hybridized carbons (Fsp3) is 0.667. The van der Waals surface area contributed by atoms with Crippen LogP contribution in [0.2, 0.25) is 0 Å². The molecule has 3 rings (SSSR count). The summed E-state index contributed by atoms with van der Waals surface area (Å²) in [6.07, 6.45) is 9.48. The normalized spacial score (nSPS) is 19.0. The summed E-state index contributed by atoms with van der Waals surface area (Å²) in [4.78, 5) is 2.58. The summed E-state index contributed by atoms with van der Waals surface area (Å²) in [7, 11) is 2.30. The number of fused-ring (bicyclic) bond motifs is 1. The molecule has 1 aromatic carbocycles. The lowest BCUT2D eigenvalue weighted by Crippen LogP contribution is -2.34. The van der Waals surface area contributed by atoms with Crippen molar-refractivity contribution in [1.82, 2.24) is 4.90 Å². The minimum absolute atomic E-state index is 0.776. The second-order valence-electron chi connectivity index (χ2n) is 6.48. The van der Waals surface area contributed by atoms with Gasteiger partial charge >= 0.3 is 0 Å². The topological polar surface area (TPSA) is 24.5 Å². The van der Waals surface area contributed by atoms with Crippen LogP contribution < -0.4 is 10.1 Å². The van der Waals surface area contributed by atoms with E-state index in [1.807, 2.05) is 0 Å². The van der Waals surface area contributed by atoms with Crippen molar-refractivity contribution in [3.63, 3.8) is 0 Å². The minimum atomic E-state index is 0.776. The Bertz CT molecular complexity index is 455. The SMILES string of the molecule is CN(CCCc1ccc2c(c1)NCCO2)C1CCCCC1. The standard InChI is InChI=1S/C18H28N2O/c1-20(16-7-3-2-4-8-16)12-5-6-15-9-10-18-17(14-15)19-11-13-21-18/h9-10,14,16,19H,2-8,11-13H2,1H3. The Hall–Kier alpha value is -1.22. The van der Waals surface area contributed by atoms with Gasteiger partial charge in [0, 0.05) is 12.6 Å². The van der Waals surface area contributed by atoms with Crippen molar-refractivity contribution in [2.75, 3.05) is 32.1 Å². The van der Waals surface area contributed by atoms with E-state index in [4.69, 9.17) is 4.74 Å². The van der Waals surface area contributed by atoms with Crippen molar-refractivity contribution in [3.05, 3.63) is 23.8 Å². The summed E-state index contributed by atoms with van der Waals surface area (Å²) in [6, 6.07) is 7.42. The molecular weight excluding hydrogens is 260 g/mol. The Morgan fingerprint density at radius 3 is 2.95 bits per heavy atom. The molecule has 0 aromatic heterocycles. The highest BCUT2D eigenvalue weighted by Crippen LogP contribution is 2.28. The van der Waals surface area contributed by atoms with Crippen molar-refractivity contribution < 1.29 is 4.74 Å². The van der Waals surface area contributed by atoms with E-state index in [2.05, 4.69) is 35.5 Å². The van der Waals surface area contributed by atoms with Crippen molar-refractivity contribution in [3.8, 4) is 5.75 Å². The monoisotopic (exact) mass is 288 g/mol. The second kappa shape index (κ2) is 7.17. The Morgan fingerprint density at radius 1 is 1.24 bits per heavy atom. The van der Waals surface area contributed by atoms with E-state index in [1.54, 1.807) is 0 Å². The van der Waals surface area contributed by atoms with Gasteiger partial charge in [-0.15, -0.1) is 0 Å². The molecule has 1 aliphatic carbocycles. The summed E-state index contributed by atoms with van der Waals surface area (Å²) < 4.78 is 5.63. The molecular formula is C18H28N2O. The molecule has 1 aliphatic heterocycles. The molecule has 0 radical (unpaired) electrons. The summed E-state index contributed by atoms with van der Waals surface area (Å²) >= 11 is 0. The van der Waals surface area contributed by atoms with Crippen LogP contribution >= 0.6 is 0 Å². The van der Waals surface area contributed by atoms with Gasteiger partial charge in [0.15, 0.2) is 0 Å². The zero-order valence-electron chi connectivity index (χ0n) is 13.2. The Balaban J connectivity index is 1.46. The number of ether oxygens (including phenoxy) is 1. The summed E-state index contributed by atoms with van der Waals surface area (Å²) in [5, 5.41) is 3.42. The molecule has 0 spiro atoms. The van der Waals surface area contributed by atoms with Crippen LogP contribution in [-0.4, -0.2) is 37.7 Å². The van der Waals surface area contributed by atoms with Gasteiger partial charge in [0.1, 0.15) is 12.4 Å². The maximum absolute atomic E-state index is 5.63. The highest BCUT2D eigenvalue weighted by Gasteiger charge is 2.17. The molecule has 0 amide bonds. The van der Waals surface area contributed by atoms with Gasteiger partial charge in [0.25, 0.3) is 0 Å². The highest BCUT2D eigenvalue weighted by molar-refractivity contribution is 5.59. The van der Waals surface area contributed by atoms with E-state index in [1.165, 1.54) is 56.3 Å². The third-order valence-corrected chi connectivity index (χ3v) is 4.89. The van der Waals surface area contributed by atoms with Crippen LogP contribution in [0.5, 0.6) is 5.75 Å². The molecule has 21 heavy (non-hydrogen) atoms. The fourth-order valence-corrected chi connectivity index (χ4v) is 3.58. The van der Waals surface area contributed by atoms with Crippen molar-refractivity contribution in [2.45, 2.75) is 51.0 Å². The number of benzene rings is 1. The average Bonchev–Trinajstić information content (AvgIpc) is 2.55. The number of hydrogen-bond donors (Lipinski definition) is 1. The van der Waals surface area contributed by atoms with Gasteiger partial charge in [-0.2, -0.15) is 0 Å². The molecule has 0 atom stereocenters. The number of nitrogens with one attached hydrogen (secondary N) is 1. The van der Waals surface area contributed by atoms with E-state index < -0.39 is 0 Å². The molecule has 1 saturated carbocycles. The number of hydrogen-bond acceptors (Lipinski definition) is 3. The molecule has 0 unspecified atom stereocenters. The highest BCUT2D eigenvalue weighted by atomic mass is 16.5. The summed E-state index contributed by atoms with van der Waals surface area (Å²) in [6.45, 7) is 2.91. The molecule has 2 aliphatic rings. The third kappa shape index (κ3) is 3.91. The first-order chi connectivity index (χ1) is 10.3. The van der Waals surface area contributed by atoms with Crippen molar-refractivity contribution in [1.29, 1.82) is 0 Å². The Labute approximate surface area is 128 Å². The lowest BCUT2D eigenvalue weighted by molar-refractivity contribution is 0.190. The number of nitrogens with zero attached hydrogens (tertiary/aromatic N) is 1. The number of aryl methyl sites for hydroxylation is 1. The van der Waals surface area contributed by atoms with Gasteiger partial charge in [-0.1, -0.05) is 25.3 Å². The first-order valence-corrected chi connectivity index (χ1v) is 8.53. The summed E-state index contributed by atoms with van der Waals surface area (Å²) in [5.41, 5.74) is 2.59. The van der Waals surface area contributed by atoms with E-state index in [9.17, 15) is 0 Å². The van der Waals surface area contributed by atoms with Gasteiger partial charge in [-0.25, -0.2) is 0 Å². The van der Waals surface area contributed by atoms with Crippen LogP contribution in [0, 0.1) is 0 Å². The summed E-state index contributed by atoms with van der Waals surface area (Å²) in [5.74, 6) is 1.00. The molecule has 1 heterocycles. The van der Waals surface area contributed by atoms with Crippen LogP contribution in [0.1, 0.15) is 44.1 Å². The molecule has 1 N–H and O–H groups in total. The smallest absolute Gasteiger partial charge is 0.142 e.